The fourth-order valence-electron chi connectivity index (χ4n) is 3.62. The summed E-state index contributed by atoms with van der Waals surface area (Å²) in [5, 5.41) is 0. The van der Waals surface area contributed by atoms with Gasteiger partial charge in [0.1, 0.15) is 0 Å². The minimum absolute atomic E-state index is 0.363. The third-order valence-electron chi connectivity index (χ3n) is 4.94. The zero-order valence-corrected chi connectivity index (χ0v) is 12.1. The quantitative estimate of drug-likeness (QED) is 0.903. The van der Waals surface area contributed by atoms with Crippen LogP contribution in [0.4, 0.5) is 0 Å². The number of nitrogens with two attached hydrogens (primary N) is 1. The molecule has 0 radical (unpaired) electrons. The summed E-state index contributed by atoms with van der Waals surface area (Å²) in [5.41, 5.74) is 10.7. The molecule has 1 atom stereocenters. The summed E-state index contributed by atoms with van der Waals surface area (Å²) in [6, 6.07) is 7.50. The molecular weight excluding hydrogens is 232 g/mol. The molecule has 19 heavy (non-hydrogen) atoms. The van der Waals surface area contributed by atoms with Gasteiger partial charge in [-0.05, 0) is 74.7 Å². The second kappa shape index (κ2) is 5.64. The molecule has 1 unspecified atom stereocenters. The van der Waals surface area contributed by atoms with E-state index in [2.05, 4.69) is 30.0 Å². The third kappa shape index (κ3) is 3.01. The molecule has 0 aromatic heterocycles. The van der Waals surface area contributed by atoms with Crippen molar-refractivity contribution in [2.75, 3.05) is 13.1 Å². The monoisotopic (exact) mass is 258 g/mol. The van der Waals surface area contributed by atoms with Crippen molar-refractivity contribution in [2.24, 2.45) is 11.7 Å². The molecule has 1 heterocycles. The number of fused-ring (bicyclic) bond motifs is 1. The van der Waals surface area contributed by atoms with Gasteiger partial charge in [0, 0.05) is 12.6 Å². The number of likely N-dealkylation sites (tertiary alicyclic amines) is 1. The fraction of sp³-hybridized carbons (Fsp3) is 0.647. The summed E-state index contributed by atoms with van der Waals surface area (Å²) in [7, 11) is 0. The Bertz CT molecular complexity index is 431. The summed E-state index contributed by atoms with van der Waals surface area (Å²) in [5.74, 6) is 0.733. The summed E-state index contributed by atoms with van der Waals surface area (Å²) < 4.78 is 0. The molecule has 104 valence electrons. The van der Waals surface area contributed by atoms with Gasteiger partial charge in [-0.15, -0.1) is 0 Å². The van der Waals surface area contributed by atoms with Crippen LogP contribution in [0.1, 0.15) is 42.9 Å². The molecule has 0 bridgehead atoms. The Morgan fingerprint density at radius 3 is 2.68 bits per heavy atom. The maximum Gasteiger partial charge on any atom is 0.0233 e. The first-order valence-electron chi connectivity index (χ1n) is 7.81. The number of hydrogen-bond acceptors (Lipinski definition) is 2. The first-order valence-corrected chi connectivity index (χ1v) is 7.81. The van der Waals surface area contributed by atoms with E-state index < -0.39 is 0 Å². The average molecular weight is 258 g/mol. The molecular formula is C17H26N2. The summed E-state index contributed by atoms with van der Waals surface area (Å²) >= 11 is 0. The molecule has 3 rings (SSSR count). The molecule has 2 aliphatic rings. The van der Waals surface area contributed by atoms with E-state index in [0.717, 1.165) is 12.5 Å². The molecule has 1 aliphatic heterocycles. The molecule has 1 saturated heterocycles. The third-order valence-corrected chi connectivity index (χ3v) is 4.94. The Kier molecular flexibility index (Phi) is 3.90. The maximum absolute atomic E-state index is 6.01. The molecule has 2 heteroatoms. The van der Waals surface area contributed by atoms with Gasteiger partial charge in [0.05, 0.1) is 0 Å². The highest BCUT2D eigenvalue weighted by Gasteiger charge is 2.22. The van der Waals surface area contributed by atoms with E-state index in [1.807, 2.05) is 0 Å². The summed E-state index contributed by atoms with van der Waals surface area (Å²) in [6.45, 7) is 5.70. The van der Waals surface area contributed by atoms with E-state index in [0.29, 0.717) is 6.04 Å². The van der Waals surface area contributed by atoms with Gasteiger partial charge in [0.25, 0.3) is 0 Å². The molecule has 2 nitrogen and oxygen atoms in total. The van der Waals surface area contributed by atoms with Crippen LogP contribution >= 0.6 is 0 Å². The summed E-state index contributed by atoms with van der Waals surface area (Å²) in [6.07, 6.45) is 6.45. The van der Waals surface area contributed by atoms with Gasteiger partial charge in [-0.25, -0.2) is 0 Å². The van der Waals surface area contributed by atoms with Gasteiger partial charge >= 0.3 is 0 Å². The lowest BCUT2D eigenvalue weighted by Gasteiger charge is -2.33. The second-order valence-electron chi connectivity index (χ2n) is 6.43. The number of hydrogen-bond donors (Lipinski definition) is 1. The Hall–Kier alpha value is -0.860. The van der Waals surface area contributed by atoms with E-state index >= 15 is 0 Å². The molecule has 1 fully saturated rings. The lowest BCUT2D eigenvalue weighted by atomic mass is 9.91. The predicted octanol–water partition coefficient (Wildman–Crippen LogP) is 2.73. The number of piperidine rings is 1. The van der Waals surface area contributed by atoms with Crippen molar-refractivity contribution >= 4 is 0 Å². The number of aryl methyl sites for hydroxylation is 2. The first-order chi connectivity index (χ1) is 9.22. The zero-order valence-electron chi connectivity index (χ0n) is 12.1. The lowest BCUT2D eigenvalue weighted by Crippen LogP contribution is -2.39. The number of nitrogens with zero attached hydrogens (tertiary/aromatic N) is 1. The molecule has 1 aromatic rings. The average Bonchev–Trinajstić information content (AvgIpc) is 2.87. The zero-order chi connectivity index (χ0) is 13.2. The molecule has 0 amide bonds. The van der Waals surface area contributed by atoms with Gasteiger partial charge in [-0.1, -0.05) is 18.2 Å². The van der Waals surface area contributed by atoms with Crippen molar-refractivity contribution in [3.05, 3.63) is 34.9 Å². The van der Waals surface area contributed by atoms with Crippen molar-refractivity contribution in [3.8, 4) is 0 Å². The van der Waals surface area contributed by atoms with Crippen LogP contribution in [0.3, 0.4) is 0 Å². The SMILES string of the molecule is CC(N)C1CCN(Cc2ccc3c(c2)CCC3)CC1. The summed E-state index contributed by atoms with van der Waals surface area (Å²) in [4.78, 5) is 2.59. The largest absolute Gasteiger partial charge is 0.328 e. The molecule has 0 spiro atoms. The highest BCUT2D eigenvalue weighted by atomic mass is 15.1. The minimum Gasteiger partial charge on any atom is -0.328 e. The normalized spacial score (nSPS) is 22.4. The van der Waals surface area contributed by atoms with Gasteiger partial charge < -0.3 is 5.73 Å². The highest BCUT2D eigenvalue weighted by molar-refractivity contribution is 5.35. The van der Waals surface area contributed by atoms with Gasteiger partial charge in [-0.3, -0.25) is 4.90 Å². The van der Waals surface area contributed by atoms with Crippen LogP contribution in [0.25, 0.3) is 0 Å². The minimum atomic E-state index is 0.363. The maximum atomic E-state index is 6.01. The Morgan fingerprint density at radius 2 is 1.95 bits per heavy atom. The topological polar surface area (TPSA) is 29.3 Å². The highest BCUT2D eigenvalue weighted by Crippen LogP contribution is 2.25. The number of benzene rings is 1. The van der Waals surface area contributed by atoms with E-state index in [9.17, 15) is 0 Å². The van der Waals surface area contributed by atoms with Crippen molar-refractivity contribution in [1.82, 2.24) is 4.90 Å². The van der Waals surface area contributed by atoms with Crippen molar-refractivity contribution in [1.29, 1.82) is 0 Å². The van der Waals surface area contributed by atoms with Crippen LogP contribution in [-0.2, 0) is 19.4 Å². The molecule has 0 saturated carbocycles. The lowest BCUT2D eigenvalue weighted by molar-refractivity contribution is 0.165. The van der Waals surface area contributed by atoms with E-state index in [4.69, 9.17) is 5.73 Å². The Morgan fingerprint density at radius 1 is 1.21 bits per heavy atom. The smallest absolute Gasteiger partial charge is 0.0233 e. The Balaban J connectivity index is 1.58. The number of rotatable bonds is 3. The van der Waals surface area contributed by atoms with Crippen LogP contribution < -0.4 is 5.73 Å². The second-order valence-corrected chi connectivity index (χ2v) is 6.43. The van der Waals surface area contributed by atoms with Crippen molar-refractivity contribution in [3.63, 3.8) is 0 Å². The van der Waals surface area contributed by atoms with Crippen LogP contribution in [-0.4, -0.2) is 24.0 Å². The van der Waals surface area contributed by atoms with E-state index in [1.54, 1.807) is 11.1 Å². The van der Waals surface area contributed by atoms with Crippen molar-refractivity contribution < 1.29 is 0 Å². The van der Waals surface area contributed by atoms with Gasteiger partial charge in [0.2, 0.25) is 0 Å². The van der Waals surface area contributed by atoms with Gasteiger partial charge in [-0.2, -0.15) is 0 Å². The van der Waals surface area contributed by atoms with E-state index in [1.165, 1.54) is 50.8 Å². The van der Waals surface area contributed by atoms with Crippen LogP contribution in [0.15, 0.2) is 18.2 Å². The predicted molar refractivity (Wildman–Crippen MR) is 80.1 cm³/mol. The van der Waals surface area contributed by atoms with Gasteiger partial charge in [0.15, 0.2) is 0 Å². The first kappa shape index (κ1) is 13.1. The Labute approximate surface area is 117 Å². The van der Waals surface area contributed by atoms with Crippen LogP contribution in [0.2, 0.25) is 0 Å². The van der Waals surface area contributed by atoms with E-state index in [-0.39, 0.29) is 0 Å². The molecule has 2 N–H and O–H groups in total. The van der Waals surface area contributed by atoms with Crippen molar-refractivity contribution in [2.45, 2.75) is 51.6 Å². The molecule has 1 aliphatic carbocycles. The fourth-order valence-corrected chi connectivity index (χ4v) is 3.62. The standard InChI is InChI=1S/C17H26N2/c1-13(18)15-7-9-19(10-8-15)12-14-5-6-16-3-2-4-17(16)11-14/h5-6,11,13,15H,2-4,7-10,12,18H2,1H3. The van der Waals surface area contributed by atoms with Crippen LogP contribution in [0, 0.1) is 5.92 Å². The van der Waals surface area contributed by atoms with Crippen LogP contribution in [0.5, 0.6) is 0 Å². The molecule has 1 aromatic carbocycles.